The Balaban J connectivity index is 0. The number of carbonyl (C=O) groups excluding carboxylic acids is 4. The first-order valence-electron chi connectivity index (χ1n) is 9.23. The molecular weight excluding hydrogens is 577 g/mol. The summed E-state index contributed by atoms with van der Waals surface area (Å²) in [4.78, 5) is 41.9. The van der Waals surface area contributed by atoms with Crippen molar-refractivity contribution in [3.8, 4) is 0 Å². The average Bonchev–Trinajstić information content (AvgIpc) is 2.69. The first-order chi connectivity index (χ1) is 16.1. The fourth-order valence-electron chi connectivity index (χ4n) is 3.16. The van der Waals surface area contributed by atoms with E-state index in [0.29, 0.717) is 12.1 Å². The van der Waals surface area contributed by atoms with Crippen LogP contribution in [0, 0.1) is 27.7 Å². The summed E-state index contributed by atoms with van der Waals surface area (Å²) in [6.07, 6.45) is 0. The summed E-state index contributed by atoms with van der Waals surface area (Å²) in [5.74, 6) is -7.28. The topological polar surface area (TPSA) is 269 Å². The minimum Gasteiger partial charge on any atom is -0.545 e. The molecule has 0 saturated heterocycles. The fraction of sp³-hybridized carbons (Fsp3) is 0.200. The van der Waals surface area contributed by atoms with E-state index in [-0.39, 0.29) is 68.4 Å². The Morgan fingerprint density at radius 3 is 0.947 bits per heavy atom. The predicted molar refractivity (Wildman–Crippen MR) is 120 cm³/mol. The Kier molecular flexibility index (Phi) is 13.6. The number of rotatable bonds is 6. The van der Waals surface area contributed by atoms with Crippen LogP contribution >= 0.6 is 0 Å². The van der Waals surface area contributed by atoms with E-state index >= 15 is 0 Å². The molecule has 14 nitrogen and oxygen atoms in total. The number of hydrogen-bond donors (Lipinski definition) is 2. The van der Waals surface area contributed by atoms with Crippen LogP contribution in [0.4, 0.5) is 0 Å². The molecule has 0 saturated carbocycles. The van der Waals surface area contributed by atoms with E-state index in [1.807, 2.05) is 0 Å². The molecule has 0 heterocycles. The van der Waals surface area contributed by atoms with Gasteiger partial charge in [0.05, 0.1) is 33.7 Å². The smallest absolute Gasteiger partial charge is 0.545 e. The molecule has 0 spiro atoms. The minimum absolute atomic E-state index is 0. The third-order valence-corrected chi connectivity index (χ3v) is 7.07. The molecule has 18 heteroatoms. The summed E-state index contributed by atoms with van der Waals surface area (Å²) in [7, 11) is -9.32. The van der Waals surface area contributed by atoms with Crippen molar-refractivity contribution >= 4 is 90.2 Å². The van der Waals surface area contributed by atoms with Crippen LogP contribution in [0.5, 0.6) is 0 Å². The van der Waals surface area contributed by atoms with E-state index in [0.717, 1.165) is 0 Å². The average molecular weight is 593 g/mol. The molecule has 0 radical (unpaired) electrons. The first-order valence-corrected chi connectivity index (χ1v) is 12.1. The number of aromatic carboxylic acids is 4. The molecule has 0 atom stereocenters. The normalized spacial score (nSPS) is 10.7. The van der Waals surface area contributed by atoms with Crippen LogP contribution in [0.25, 0.3) is 0 Å². The minimum atomic E-state index is -4.66. The van der Waals surface area contributed by atoms with E-state index in [2.05, 4.69) is 0 Å². The van der Waals surface area contributed by atoms with Gasteiger partial charge in [0.1, 0.15) is 0 Å². The molecule has 0 amide bonds. The Morgan fingerprint density at radius 1 is 0.553 bits per heavy atom. The maximum absolute atomic E-state index is 11.0. The molecule has 0 unspecified atom stereocenters. The SMILES string of the molecule is Cc1c(S(=O)(=O)O)cc(C(=O)[O-])c(C(=O)[O-])c1C.Cc1c(S(=O)(=O)O)cc(C(=O)[O-])c(C(=O)[O-])c1C.[Mg+2].[Mg+2]. The number of benzene rings is 2. The monoisotopic (exact) mass is 592 g/mol. The Morgan fingerprint density at radius 2 is 0.789 bits per heavy atom. The van der Waals surface area contributed by atoms with Crippen LogP contribution < -0.4 is 20.4 Å². The van der Waals surface area contributed by atoms with E-state index in [4.69, 9.17) is 9.11 Å². The molecule has 2 N–H and O–H groups in total. The first kappa shape index (κ1) is 37.8. The van der Waals surface area contributed by atoms with Gasteiger partial charge in [0.15, 0.2) is 0 Å². The molecule has 2 aromatic rings. The summed E-state index contributed by atoms with van der Waals surface area (Å²) in [5.41, 5.74) is -3.42. The Labute approximate surface area is 248 Å². The third kappa shape index (κ3) is 8.33. The van der Waals surface area contributed by atoms with Crippen LogP contribution in [0.2, 0.25) is 0 Å². The molecule has 0 aliphatic carbocycles. The van der Waals surface area contributed by atoms with Crippen molar-refractivity contribution in [2.75, 3.05) is 0 Å². The van der Waals surface area contributed by atoms with Crippen LogP contribution in [-0.2, 0) is 20.2 Å². The van der Waals surface area contributed by atoms with Gasteiger partial charge in [-0.25, -0.2) is 0 Å². The second kappa shape index (κ2) is 13.6. The van der Waals surface area contributed by atoms with Gasteiger partial charge >= 0.3 is 46.1 Å². The van der Waals surface area contributed by atoms with Gasteiger partial charge in [0.2, 0.25) is 0 Å². The zero-order valence-electron chi connectivity index (χ0n) is 20.2. The summed E-state index contributed by atoms with van der Waals surface area (Å²) in [6, 6.07) is 1.08. The quantitative estimate of drug-likeness (QED) is 0.238. The molecule has 38 heavy (non-hydrogen) atoms. The van der Waals surface area contributed by atoms with Gasteiger partial charge in [0, 0.05) is 22.3 Å². The molecule has 0 bridgehead atoms. The maximum atomic E-state index is 11.0. The van der Waals surface area contributed by atoms with E-state index in [9.17, 15) is 56.4 Å². The van der Waals surface area contributed by atoms with Crippen LogP contribution in [0.1, 0.15) is 63.7 Å². The van der Waals surface area contributed by atoms with Gasteiger partial charge in [-0.15, -0.1) is 0 Å². The number of carboxylic acids is 4. The van der Waals surface area contributed by atoms with Gasteiger partial charge in [0.25, 0.3) is 20.2 Å². The van der Waals surface area contributed by atoms with Gasteiger partial charge < -0.3 is 39.6 Å². The number of carboxylic acid groups (broad SMARTS) is 4. The van der Waals surface area contributed by atoms with Crippen molar-refractivity contribution in [1.29, 1.82) is 0 Å². The van der Waals surface area contributed by atoms with Crippen molar-refractivity contribution in [1.82, 2.24) is 0 Å². The standard InChI is InChI=1S/2C10H10O7S.2Mg/c2*1-4-5(2)8(10(13)14)6(9(11)12)3-7(4)18(15,16)17;;/h2*3H,1-2H3,(H,11,12)(H,13,14)(H,15,16,17);;/q;;2*+2/p-4. The largest absolute Gasteiger partial charge is 2.00 e. The summed E-state index contributed by atoms with van der Waals surface area (Å²) in [6.45, 7) is 4.90. The Bertz CT molecular complexity index is 1410. The maximum Gasteiger partial charge on any atom is 2.00 e. The number of hydrogen-bond acceptors (Lipinski definition) is 12. The number of carbonyl (C=O) groups is 4. The molecule has 2 rings (SSSR count). The van der Waals surface area contributed by atoms with Crippen LogP contribution in [-0.4, -0.2) is 95.9 Å². The second-order valence-electron chi connectivity index (χ2n) is 7.19. The van der Waals surface area contributed by atoms with Crippen molar-refractivity contribution in [2.45, 2.75) is 37.5 Å². The third-order valence-electron chi connectivity index (χ3n) is 5.11. The van der Waals surface area contributed by atoms with Gasteiger partial charge in [-0.1, -0.05) is 0 Å². The molecule has 0 aliphatic heterocycles. The molecule has 0 fully saturated rings. The summed E-state index contributed by atoms with van der Waals surface area (Å²) in [5, 5.41) is 43.3. The van der Waals surface area contributed by atoms with E-state index in [1.165, 1.54) is 27.7 Å². The molecule has 2 aromatic carbocycles. The zero-order valence-corrected chi connectivity index (χ0v) is 24.6. The van der Waals surface area contributed by atoms with Gasteiger partial charge in [-0.05, 0) is 62.1 Å². The summed E-state index contributed by atoms with van der Waals surface area (Å²) >= 11 is 0. The molecule has 196 valence electrons. The van der Waals surface area contributed by atoms with Gasteiger partial charge in [-0.3, -0.25) is 9.11 Å². The Hall–Kier alpha value is -2.33. The molecular formula is C20H16Mg2O14S2. The molecule has 0 aromatic heterocycles. The van der Waals surface area contributed by atoms with Crippen molar-refractivity contribution in [3.05, 3.63) is 56.6 Å². The van der Waals surface area contributed by atoms with Crippen LogP contribution in [0.3, 0.4) is 0 Å². The van der Waals surface area contributed by atoms with Crippen molar-refractivity contribution in [2.24, 2.45) is 0 Å². The fourth-order valence-corrected chi connectivity index (χ4v) is 4.77. The molecule has 0 aliphatic rings. The van der Waals surface area contributed by atoms with Crippen molar-refractivity contribution < 1.29 is 65.5 Å². The second-order valence-corrected chi connectivity index (χ2v) is 9.97. The van der Waals surface area contributed by atoms with Crippen molar-refractivity contribution in [3.63, 3.8) is 0 Å². The van der Waals surface area contributed by atoms with Crippen LogP contribution in [0.15, 0.2) is 21.9 Å². The predicted octanol–water partition coefficient (Wildman–Crippen LogP) is -4.21. The van der Waals surface area contributed by atoms with E-state index in [1.54, 1.807) is 0 Å². The zero-order chi connectivity index (χ0) is 28.5. The summed E-state index contributed by atoms with van der Waals surface area (Å²) < 4.78 is 62.0. The van der Waals surface area contributed by atoms with E-state index < -0.39 is 76.2 Å². The van der Waals surface area contributed by atoms with Gasteiger partial charge in [-0.2, -0.15) is 16.8 Å².